The number of aromatic nitrogens is 3. The third-order valence-corrected chi connectivity index (χ3v) is 9.07. The van der Waals surface area contributed by atoms with Crippen molar-refractivity contribution in [2.75, 3.05) is 26.2 Å². The van der Waals surface area contributed by atoms with Gasteiger partial charge in [0.2, 0.25) is 5.91 Å². The number of imidazole rings is 1. The predicted octanol–water partition coefficient (Wildman–Crippen LogP) is 5.30. The van der Waals surface area contributed by atoms with Crippen LogP contribution in [0.15, 0.2) is 63.9 Å². The number of nitrogens with zero attached hydrogens (tertiary/aromatic N) is 3. The molecule has 0 aliphatic carbocycles. The topological polar surface area (TPSA) is 96.2 Å². The van der Waals surface area contributed by atoms with Gasteiger partial charge < -0.3 is 19.7 Å². The van der Waals surface area contributed by atoms with E-state index in [1.54, 1.807) is 0 Å². The van der Waals surface area contributed by atoms with Gasteiger partial charge in [-0.05, 0) is 73.7 Å². The number of hydrogen-bond donors (Lipinski definition) is 2. The molecule has 2 aromatic carbocycles. The summed E-state index contributed by atoms with van der Waals surface area (Å²) in [6, 6.07) is 18.5. The van der Waals surface area contributed by atoms with Crippen molar-refractivity contribution in [1.29, 1.82) is 0 Å². The van der Waals surface area contributed by atoms with Crippen LogP contribution in [-0.2, 0) is 16.6 Å². The lowest BCUT2D eigenvalue weighted by molar-refractivity contribution is -0.134. The van der Waals surface area contributed by atoms with Gasteiger partial charge in [0.05, 0.1) is 16.7 Å². The van der Waals surface area contributed by atoms with E-state index in [-0.39, 0.29) is 23.1 Å². The smallest absolute Gasteiger partial charge is 0.326 e. The summed E-state index contributed by atoms with van der Waals surface area (Å²) in [4.78, 5) is 31.0. The van der Waals surface area contributed by atoms with Crippen LogP contribution in [-0.4, -0.2) is 51.7 Å². The first-order valence-corrected chi connectivity index (χ1v) is 15.0. The van der Waals surface area contributed by atoms with Gasteiger partial charge >= 0.3 is 5.69 Å². The van der Waals surface area contributed by atoms with Crippen LogP contribution in [0.4, 0.5) is 0 Å². The summed E-state index contributed by atoms with van der Waals surface area (Å²) >= 11 is 0. The number of H-pyrrole nitrogens is 1. The molecule has 4 heterocycles. The Balaban J connectivity index is 1.06. The second kappa shape index (κ2) is 11.3. The highest BCUT2D eigenvalue weighted by Gasteiger charge is 2.32. The molecule has 41 heavy (non-hydrogen) atoms. The quantitative estimate of drug-likeness (QED) is 0.336. The van der Waals surface area contributed by atoms with Gasteiger partial charge in [-0.1, -0.05) is 62.3 Å². The fourth-order valence-electron chi connectivity index (χ4n) is 6.60. The highest BCUT2D eigenvalue weighted by Crippen LogP contribution is 2.31. The van der Waals surface area contributed by atoms with Crippen molar-refractivity contribution in [1.82, 2.24) is 24.9 Å². The first kappa shape index (κ1) is 27.5. The summed E-state index contributed by atoms with van der Waals surface area (Å²) in [6.07, 6.45) is 3.92. The first-order chi connectivity index (χ1) is 19.8. The Bertz CT molecular complexity index is 1550. The molecular formula is C33H41N5O3. The van der Waals surface area contributed by atoms with Crippen molar-refractivity contribution in [2.24, 2.45) is 11.8 Å². The minimum absolute atomic E-state index is 0.0635. The fourth-order valence-corrected chi connectivity index (χ4v) is 6.60. The molecule has 2 saturated heterocycles. The lowest BCUT2D eigenvalue weighted by Gasteiger charge is -2.36. The SMILES string of the molecule is CC(C)(C)c1ccc(-c2cc(CC3CNCCC3CC(=O)N3CCC(n4c(=O)[nH]c5ccccc54)CC3)no2)cc1. The highest BCUT2D eigenvalue weighted by atomic mass is 16.5. The highest BCUT2D eigenvalue weighted by molar-refractivity contribution is 5.77. The molecule has 4 aromatic rings. The Morgan fingerprint density at radius 3 is 2.54 bits per heavy atom. The average Bonchev–Trinajstić information content (AvgIpc) is 3.57. The standard InChI is InChI=1S/C33H41N5O3/c1-33(2,3)25-10-8-22(9-11-25)30-20-26(36-41-30)18-24-21-34-15-12-23(24)19-31(39)37-16-13-27(14-17-37)38-29-7-5-4-6-28(29)35-32(38)40/h4-11,20,23-24,27,34H,12-19,21H2,1-3H3,(H,35,40). The normalized spacial score (nSPS) is 20.5. The molecule has 2 N–H and O–H groups in total. The molecule has 2 atom stereocenters. The van der Waals surface area contributed by atoms with Gasteiger partial charge in [-0.15, -0.1) is 0 Å². The van der Waals surface area contributed by atoms with E-state index >= 15 is 0 Å². The van der Waals surface area contributed by atoms with Crippen LogP contribution in [0.25, 0.3) is 22.4 Å². The van der Waals surface area contributed by atoms with Crippen molar-refractivity contribution in [2.45, 2.75) is 64.3 Å². The van der Waals surface area contributed by atoms with Crippen LogP contribution in [0.1, 0.15) is 63.8 Å². The molecule has 0 radical (unpaired) electrons. The van der Waals surface area contributed by atoms with Crippen LogP contribution in [0.2, 0.25) is 0 Å². The molecule has 2 aliphatic rings. The average molecular weight is 556 g/mol. The molecular weight excluding hydrogens is 514 g/mol. The minimum atomic E-state index is -0.0635. The van der Waals surface area contributed by atoms with Crippen LogP contribution >= 0.6 is 0 Å². The lowest BCUT2D eigenvalue weighted by Crippen LogP contribution is -2.44. The van der Waals surface area contributed by atoms with Crippen LogP contribution in [0.3, 0.4) is 0 Å². The first-order valence-electron chi connectivity index (χ1n) is 15.0. The minimum Gasteiger partial charge on any atom is -0.356 e. The van der Waals surface area contributed by atoms with E-state index in [1.165, 1.54) is 5.56 Å². The largest absolute Gasteiger partial charge is 0.356 e. The number of piperidine rings is 2. The maximum absolute atomic E-state index is 13.4. The summed E-state index contributed by atoms with van der Waals surface area (Å²) < 4.78 is 7.61. The Morgan fingerprint density at radius 1 is 1.02 bits per heavy atom. The van der Waals surface area contributed by atoms with Gasteiger partial charge in [-0.25, -0.2) is 4.79 Å². The zero-order valence-corrected chi connectivity index (χ0v) is 24.4. The van der Waals surface area contributed by atoms with E-state index in [0.717, 1.165) is 66.8 Å². The Labute approximate surface area is 241 Å². The summed E-state index contributed by atoms with van der Waals surface area (Å²) in [5.74, 6) is 1.65. The zero-order valence-electron chi connectivity index (χ0n) is 24.4. The van der Waals surface area contributed by atoms with Gasteiger partial charge in [0.1, 0.15) is 0 Å². The van der Waals surface area contributed by atoms with Crippen molar-refractivity contribution >= 4 is 16.9 Å². The van der Waals surface area contributed by atoms with Crippen molar-refractivity contribution in [3.8, 4) is 11.3 Å². The summed E-state index contributed by atoms with van der Waals surface area (Å²) in [5.41, 5.74) is 5.12. The number of likely N-dealkylation sites (tertiary alicyclic amines) is 1. The molecule has 0 saturated carbocycles. The zero-order chi connectivity index (χ0) is 28.6. The van der Waals surface area contributed by atoms with Crippen molar-refractivity contribution in [3.05, 3.63) is 76.3 Å². The van der Waals surface area contributed by atoms with E-state index in [1.807, 2.05) is 33.7 Å². The molecule has 2 aromatic heterocycles. The third-order valence-electron chi connectivity index (χ3n) is 9.07. The van der Waals surface area contributed by atoms with Gasteiger partial charge in [-0.3, -0.25) is 9.36 Å². The van der Waals surface area contributed by atoms with Crippen molar-refractivity contribution in [3.63, 3.8) is 0 Å². The molecule has 1 amide bonds. The van der Waals surface area contributed by atoms with Crippen LogP contribution in [0.5, 0.6) is 0 Å². The Hall–Kier alpha value is -3.65. The van der Waals surface area contributed by atoms with Gasteiger partial charge in [0.15, 0.2) is 5.76 Å². The summed E-state index contributed by atoms with van der Waals surface area (Å²) in [6.45, 7) is 9.82. The van der Waals surface area contributed by atoms with E-state index in [4.69, 9.17) is 4.52 Å². The van der Waals surface area contributed by atoms with E-state index in [2.05, 4.69) is 66.6 Å². The second-order valence-electron chi connectivity index (χ2n) is 12.9. The number of aromatic amines is 1. The molecule has 8 nitrogen and oxygen atoms in total. The lowest BCUT2D eigenvalue weighted by atomic mass is 9.80. The van der Waals surface area contributed by atoms with Crippen LogP contribution < -0.4 is 11.0 Å². The summed E-state index contributed by atoms with van der Waals surface area (Å²) in [7, 11) is 0. The maximum atomic E-state index is 13.4. The number of carbonyl (C=O) groups is 1. The van der Waals surface area contributed by atoms with Crippen LogP contribution in [0, 0.1) is 11.8 Å². The van der Waals surface area contributed by atoms with E-state index in [9.17, 15) is 9.59 Å². The molecule has 0 spiro atoms. The van der Waals surface area contributed by atoms with E-state index in [0.29, 0.717) is 31.3 Å². The molecule has 2 unspecified atom stereocenters. The number of para-hydroxylation sites is 2. The second-order valence-corrected chi connectivity index (χ2v) is 12.9. The number of nitrogens with one attached hydrogen (secondary N) is 2. The predicted molar refractivity (Wildman–Crippen MR) is 161 cm³/mol. The molecule has 216 valence electrons. The Morgan fingerprint density at radius 2 is 1.78 bits per heavy atom. The maximum Gasteiger partial charge on any atom is 0.326 e. The summed E-state index contributed by atoms with van der Waals surface area (Å²) in [5, 5.41) is 7.91. The molecule has 0 bridgehead atoms. The number of rotatable bonds is 6. The Kier molecular flexibility index (Phi) is 7.60. The number of carbonyl (C=O) groups excluding carboxylic acids is 1. The molecule has 2 fully saturated rings. The van der Waals surface area contributed by atoms with Gasteiger partial charge in [-0.2, -0.15) is 0 Å². The number of fused-ring (bicyclic) bond motifs is 1. The van der Waals surface area contributed by atoms with Crippen molar-refractivity contribution < 1.29 is 9.32 Å². The van der Waals surface area contributed by atoms with Gasteiger partial charge in [0.25, 0.3) is 0 Å². The fraction of sp³-hybridized carbons (Fsp3) is 0.485. The van der Waals surface area contributed by atoms with Gasteiger partial charge in [0, 0.05) is 37.2 Å². The molecule has 2 aliphatic heterocycles. The number of hydrogen-bond acceptors (Lipinski definition) is 5. The number of benzene rings is 2. The monoisotopic (exact) mass is 555 g/mol. The van der Waals surface area contributed by atoms with E-state index < -0.39 is 0 Å². The molecule has 6 rings (SSSR count). The third kappa shape index (κ3) is 5.89. The number of amides is 1. The molecule has 8 heteroatoms.